The molecule has 1 N–H and O–H groups in total. The van der Waals surface area contributed by atoms with Gasteiger partial charge in [-0.3, -0.25) is 4.79 Å². The van der Waals surface area contributed by atoms with E-state index < -0.39 is 0 Å². The zero-order chi connectivity index (χ0) is 14.1. The van der Waals surface area contributed by atoms with Gasteiger partial charge < -0.3 is 9.88 Å². The lowest BCUT2D eigenvalue weighted by molar-refractivity contribution is 0.103. The smallest absolute Gasteiger partial charge is 0.265 e. The van der Waals surface area contributed by atoms with Crippen LogP contribution in [0.2, 0.25) is 0 Å². The maximum absolute atomic E-state index is 12.0. The predicted molar refractivity (Wildman–Crippen MR) is 82.4 cm³/mol. The number of rotatable bonds is 3. The summed E-state index contributed by atoms with van der Waals surface area (Å²) in [4.78, 5) is 17.1. The van der Waals surface area contributed by atoms with E-state index >= 15 is 0 Å². The van der Waals surface area contributed by atoms with Gasteiger partial charge in [-0.25, -0.2) is 4.98 Å². The molecule has 0 aliphatic rings. The first-order valence-electron chi connectivity index (χ1n) is 6.46. The highest BCUT2D eigenvalue weighted by atomic mass is 32.1. The molecule has 0 saturated heterocycles. The van der Waals surface area contributed by atoms with E-state index in [9.17, 15) is 4.79 Å². The molecule has 1 amide bonds. The number of aromatic nitrogens is 2. The lowest BCUT2D eigenvalue weighted by Gasteiger charge is -2.08. The summed E-state index contributed by atoms with van der Waals surface area (Å²) < 4.78 is 2.11. The van der Waals surface area contributed by atoms with Crippen LogP contribution < -0.4 is 5.32 Å². The molecule has 3 aromatic rings. The molecule has 0 aliphatic heterocycles. The third-order valence-electron chi connectivity index (χ3n) is 3.13. The molecule has 0 fully saturated rings. The first-order chi connectivity index (χ1) is 9.65. The minimum absolute atomic E-state index is 0.0809. The molecule has 5 heteroatoms. The molecular weight excluding hydrogens is 270 g/mol. The fourth-order valence-corrected chi connectivity index (χ4v) is 2.74. The number of hydrogen-bond donors (Lipinski definition) is 1. The number of fused-ring (bicyclic) bond motifs is 1. The Hall–Kier alpha value is -2.14. The van der Waals surface area contributed by atoms with Gasteiger partial charge in [0.2, 0.25) is 0 Å². The predicted octanol–water partition coefficient (Wildman–Crippen LogP) is 3.93. The number of benzene rings is 1. The number of carbonyl (C=O) groups excluding carboxylic acids is 1. The molecule has 0 spiro atoms. The molecule has 2 aromatic heterocycles. The fraction of sp³-hybridized carbons (Fsp3) is 0.200. The molecule has 0 saturated carbocycles. The minimum atomic E-state index is -0.0809. The van der Waals surface area contributed by atoms with Crippen molar-refractivity contribution in [3.05, 3.63) is 46.9 Å². The van der Waals surface area contributed by atoms with Gasteiger partial charge in [0, 0.05) is 11.7 Å². The number of anilines is 1. The number of nitrogens with zero attached hydrogens (tertiary/aromatic N) is 2. The van der Waals surface area contributed by atoms with Crippen LogP contribution in [-0.4, -0.2) is 15.5 Å². The van der Waals surface area contributed by atoms with Crippen LogP contribution in [-0.2, 0) is 0 Å². The van der Waals surface area contributed by atoms with E-state index in [-0.39, 0.29) is 5.91 Å². The van der Waals surface area contributed by atoms with Crippen LogP contribution in [0.25, 0.3) is 11.0 Å². The third kappa shape index (κ3) is 2.32. The van der Waals surface area contributed by atoms with Crippen LogP contribution in [0, 0.1) is 0 Å². The first-order valence-corrected chi connectivity index (χ1v) is 7.34. The summed E-state index contributed by atoms with van der Waals surface area (Å²) in [7, 11) is 0. The summed E-state index contributed by atoms with van der Waals surface area (Å²) >= 11 is 1.43. The zero-order valence-corrected chi connectivity index (χ0v) is 12.1. The molecule has 0 aliphatic carbocycles. The highest BCUT2D eigenvalue weighted by Gasteiger charge is 2.09. The molecule has 20 heavy (non-hydrogen) atoms. The van der Waals surface area contributed by atoms with Gasteiger partial charge in [0.25, 0.3) is 5.91 Å². The van der Waals surface area contributed by atoms with Crippen LogP contribution in [0.5, 0.6) is 0 Å². The van der Waals surface area contributed by atoms with Crippen molar-refractivity contribution in [2.45, 2.75) is 19.9 Å². The highest BCUT2D eigenvalue weighted by molar-refractivity contribution is 7.12. The van der Waals surface area contributed by atoms with Crippen molar-refractivity contribution in [2.24, 2.45) is 0 Å². The van der Waals surface area contributed by atoms with E-state index in [1.165, 1.54) is 11.3 Å². The molecule has 0 atom stereocenters. The summed E-state index contributed by atoms with van der Waals surface area (Å²) in [5, 5.41) is 4.79. The SMILES string of the molecule is CC(C)n1cnc2cc(NC(=O)c3cccs3)ccc21. The van der Waals surface area contributed by atoms with Gasteiger partial charge in [-0.05, 0) is 43.5 Å². The second-order valence-electron chi connectivity index (χ2n) is 4.88. The van der Waals surface area contributed by atoms with Crippen molar-refractivity contribution in [2.75, 3.05) is 5.32 Å². The van der Waals surface area contributed by atoms with Gasteiger partial charge >= 0.3 is 0 Å². The Bertz CT molecular complexity index is 744. The van der Waals surface area contributed by atoms with Crippen molar-refractivity contribution >= 4 is 34.0 Å². The van der Waals surface area contributed by atoms with Gasteiger partial charge in [0.15, 0.2) is 0 Å². The summed E-state index contributed by atoms with van der Waals surface area (Å²) in [5.74, 6) is -0.0809. The summed E-state index contributed by atoms with van der Waals surface area (Å²) in [5.41, 5.74) is 2.74. The van der Waals surface area contributed by atoms with E-state index in [1.807, 2.05) is 42.0 Å². The maximum Gasteiger partial charge on any atom is 0.265 e. The van der Waals surface area contributed by atoms with Gasteiger partial charge in [-0.15, -0.1) is 11.3 Å². The molecule has 0 unspecified atom stereocenters. The molecule has 102 valence electrons. The second-order valence-corrected chi connectivity index (χ2v) is 5.83. The van der Waals surface area contributed by atoms with Gasteiger partial charge in [-0.1, -0.05) is 6.07 Å². The average molecular weight is 285 g/mol. The van der Waals surface area contributed by atoms with Gasteiger partial charge in [-0.2, -0.15) is 0 Å². The number of carbonyl (C=O) groups is 1. The molecular formula is C15H15N3OS. The monoisotopic (exact) mass is 285 g/mol. The van der Waals surface area contributed by atoms with Crippen LogP contribution in [0.4, 0.5) is 5.69 Å². The third-order valence-corrected chi connectivity index (χ3v) is 4.00. The van der Waals surface area contributed by atoms with Gasteiger partial charge in [0.05, 0.1) is 22.2 Å². The van der Waals surface area contributed by atoms with E-state index in [1.54, 1.807) is 0 Å². The van der Waals surface area contributed by atoms with Crippen molar-refractivity contribution < 1.29 is 4.79 Å². The first kappa shape index (κ1) is 12.9. The quantitative estimate of drug-likeness (QED) is 0.792. The standard InChI is InChI=1S/C15H15N3OS/c1-10(2)18-9-16-12-8-11(5-6-13(12)18)17-15(19)14-4-3-7-20-14/h3-10H,1-2H3,(H,17,19). The topological polar surface area (TPSA) is 46.9 Å². The Kier molecular flexibility index (Phi) is 3.28. The van der Waals surface area contributed by atoms with Crippen molar-refractivity contribution in [3.8, 4) is 0 Å². The van der Waals surface area contributed by atoms with E-state index in [0.717, 1.165) is 16.7 Å². The van der Waals surface area contributed by atoms with Crippen LogP contribution in [0.15, 0.2) is 42.0 Å². The molecule has 1 aromatic carbocycles. The Morgan fingerprint density at radius 1 is 1.35 bits per heavy atom. The molecule has 0 radical (unpaired) electrons. The fourth-order valence-electron chi connectivity index (χ4n) is 2.12. The summed E-state index contributed by atoms with van der Waals surface area (Å²) in [6.07, 6.45) is 1.83. The molecule has 0 bridgehead atoms. The van der Waals surface area contributed by atoms with Crippen molar-refractivity contribution in [3.63, 3.8) is 0 Å². The van der Waals surface area contributed by atoms with Crippen LogP contribution in [0.3, 0.4) is 0 Å². The Balaban J connectivity index is 1.88. The van der Waals surface area contributed by atoms with E-state index in [2.05, 4.69) is 28.7 Å². The largest absolute Gasteiger partial charge is 0.328 e. The Morgan fingerprint density at radius 3 is 2.90 bits per heavy atom. The van der Waals surface area contributed by atoms with Crippen LogP contribution in [0.1, 0.15) is 29.6 Å². The Labute approximate surface area is 121 Å². The minimum Gasteiger partial charge on any atom is -0.328 e. The normalized spacial score (nSPS) is 11.2. The lowest BCUT2D eigenvalue weighted by Crippen LogP contribution is -2.09. The molecule has 2 heterocycles. The highest BCUT2D eigenvalue weighted by Crippen LogP contribution is 2.22. The summed E-state index contributed by atoms with van der Waals surface area (Å²) in [6.45, 7) is 4.24. The zero-order valence-electron chi connectivity index (χ0n) is 11.3. The van der Waals surface area contributed by atoms with Crippen LogP contribution >= 0.6 is 11.3 Å². The maximum atomic E-state index is 12.0. The molecule has 4 nitrogen and oxygen atoms in total. The van der Waals surface area contributed by atoms with E-state index in [0.29, 0.717) is 10.9 Å². The Morgan fingerprint density at radius 2 is 2.20 bits per heavy atom. The van der Waals surface area contributed by atoms with Gasteiger partial charge in [0.1, 0.15) is 0 Å². The lowest BCUT2D eigenvalue weighted by atomic mass is 10.2. The number of thiophene rings is 1. The second kappa shape index (κ2) is 5.09. The number of amides is 1. The summed E-state index contributed by atoms with van der Waals surface area (Å²) in [6, 6.07) is 9.85. The number of nitrogens with one attached hydrogen (secondary N) is 1. The van der Waals surface area contributed by atoms with E-state index in [4.69, 9.17) is 0 Å². The van der Waals surface area contributed by atoms with Crippen molar-refractivity contribution in [1.82, 2.24) is 9.55 Å². The van der Waals surface area contributed by atoms with Crippen molar-refractivity contribution in [1.29, 1.82) is 0 Å². The average Bonchev–Trinajstić information content (AvgIpc) is 3.07. The number of hydrogen-bond acceptors (Lipinski definition) is 3. The number of imidazole rings is 1. The molecule has 3 rings (SSSR count).